The van der Waals surface area contributed by atoms with Crippen LogP contribution in [0.3, 0.4) is 0 Å². The third-order valence-electron chi connectivity index (χ3n) is 2.69. The van der Waals surface area contributed by atoms with Crippen LogP contribution in [-0.4, -0.2) is 23.9 Å². The Morgan fingerprint density at radius 3 is 2.58 bits per heavy atom. The van der Waals surface area contributed by atoms with Crippen LogP contribution in [0.1, 0.15) is 12.5 Å². The summed E-state index contributed by atoms with van der Waals surface area (Å²) in [6.45, 7) is 1.64. The number of aliphatic hydroxyl groups excluding tert-OH is 1. The predicted octanol–water partition coefficient (Wildman–Crippen LogP) is 3.14. The van der Waals surface area contributed by atoms with E-state index in [0.29, 0.717) is 16.4 Å². The highest BCUT2D eigenvalue weighted by atomic mass is 35.5. The minimum atomic E-state index is -0.599. The van der Waals surface area contributed by atoms with Crippen LogP contribution < -0.4 is 0 Å². The van der Waals surface area contributed by atoms with Crippen LogP contribution in [0, 0.1) is 0 Å². The summed E-state index contributed by atoms with van der Waals surface area (Å²) in [4.78, 5) is 15.7. The Kier molecular flexibility index (Phi) is 3.71. The lowest BCUT2D eigenvalue weighted by Gasteiger charge is -2.00. The van der Waals surface area contributed by atoms with E-state index >= 15 is 0 Å². The largest absolute Gasteiger partial charge is 0.505 e. The fourth-order valence-electron chi connectivity index (χ4n) is 1.75. The van der Waals surface area contributed by atoms with Crippen molar-refractivity contribution < 1.29 is 14.6 Å². The van der Waals surface area contributed by atoms with Gasteiger partial charge in [0.1, 0.15) is 11.3 Å². The lowest BCUT2D eigenvalue weighted by molar-refractivity contribution is -0.135. The van der Waals surface area contributed by atoms with Gasteiger partial charge in [0.25, 0.3) is 0 Å². The fraction of sp³-hybridized carbons (Fsp3) is 0.143. The molecule has 0 saturated carbocycles. The molecular weight excluding hydrogens is 266 g/mol. The van der Waals surface area contributed by atoms with Gasteiger partial charge in [-0.3, -0.25) is 0 Å². The Morgan fingerprint density at radius 2 is 2.00 bits per heavy atom. The van der Waals surface area contributed by atoms with E-state index in [4.69, 9.17) is 11.6 Å². The number of benzene rings is 1. The molecule has 1 aromatic carbocycles. The van der Waals surface area contributed by atoms with Crippen molar-refractivity contribution in [2.75, 3.05) is 7.11 Å². The average Bonchev–Trinajstić information content (AvgIpc) is 2.66. The van der Waals surface area contributed by atoms with Crippen LogP contribution in [0.4, 0.5) is 0 Å². The van der Waals surface area contributed by atoms with Crippen LogP contribution in [0.5, 0.6) is 0 Å². The summed E-state index contributed by atoms with van der Waals surface area (Å²) in [7, 11) is 1.26. The quantitative estimate of drug-likeness (QED) is 0.845. The zero-order chi connectivity index (χ0) is 14.0. The molecule has 1 heterocycles. The van der Waals surface area contributed by atoms with Crippen molar-refractivity contribution in [3.63, 3.8) is 0 Å². The topological polar surface area (TPSA) is 58.9 Å². The Morgan fingerprint density at radius 1 is 1.37 bits per heavy atom. The molecule has 0 aromatic heterocycles. The van der Waals surface area contributed by atoms with Gasteiger partial charge in [0, 0.05) is 5.02 Å². The SMILES string of the molecule is COC(=O)C1=C(O)/C(=C\c2ccc(Cl)cc2)N=C1C. The number of aliphatic hydroxyl groups is 1. The molecular formula is C14H12ClNO3. The highest BCUT2D eigenvalue weighted by Crippen LogP contribution is 2.26. The summed E-state index contributed by atoms with van der Waals surface area (Å²) in [6, 6.07) is 7.07. The van der Waals surface area contributed by atoms with Gasteiger partial charge in [0.2, 0.25) is 0 Å². The number of ether oxygens (including phenoxy) is 1. The molecule has 0 unspecified atom stereocenters. The molecule has 19 heavy (non-hydrogen) atoms. The second kappa shape index (κ2) is 5.28. The van der Waals surface area contributed by atoms with E-state index in [1.54, 1.807) is 37.3 Å². The van der Waals surface area contributed by atoms with Gasteiger partial charge in [-0.15, -0.1) is 0 Å². The minimum Gasteiger partial charge on any atom is -0.505 e. The third-order valence-corrected chi connectivity index (χ3v) is 2.94. The molecule has 1 aliphatic rings. The van der Waals surface area contributed by atoms with Crippen molar-refractivity contribution in [3.05, 3.63) is 51.9 Å². The van der Waals surface area contributed by atoms with Gasteiger partial charge in [-0.05, 0) is 30.7 Å². The molecule has 0 fully saturated rings. The highest BCUT2D eigenvalue weighted by Gasteiger charge is 2.27. The zero-order valence-electron chi connectivity index (χ0n) is 10.5. The number of rotatable bonds is 2. The number of carbonyl (C=O) groups excluding carboxylic acids is 1. The van der Waals surface area contributed by atoms with Crippen LogP contribution in [-0.2, 0) is 9.53 Å². The van der Waals surface area contributed by atoms with Crippen molar-refractivity contribution in [1.29, 1.82) is 0 Å². The van der Waals surface area contributed by atoms with Crippen molar-refractivity contribution in [3.8, 4) is 0 Å². The number of hydrogen-bond acceptors (Lipinski definition) is 4. The number of nitrogens with zero attached hydrogens (tertiary/aromatic N) is 1. The maximum absolute atomic E-state index is 11.5. The van der Waals surface area contributed by atoms with E-state index in [1.807, 2.05) is 0 Å². The number of carbonyl (C=O) groups is 1. The van der Waals surface area contributed by atoms with Gasteiger partial charge in [0.05, 0.1) is 12.8 Å². The van der Waals surface area contributed by atoms with E-state index < -0.39 is 5.97 Å². The first-order valence-corrected chi connectivity index (χ1v) is 5.95. The smallest absolute Gasteiger partial charge is 0.343 e. The minimum absolute atomic E-state index is 0.0997. The number of halogens is 1. The maximum atomic E-state index is 11.5. The maximum Gasteiger partial charge on any atom is 0.343 e. The lowest BCUT2D eigenvalue weighted by atomic mass is 10.1. The molecule has 5 heteroatoms. The number of hydrogen-bond donors (Lipinski definition) is 1. The van der Waals surface area contributed by atoms with Gasteiger partial charge in [0.15, 0.2) is 5.76 Å². The number of methoxy groups -OCH3 is 1. The van der Waals surface area contributed by atoms with Crippen LogP contribution in [0.2, 0.25) is 5.02 Å². The van der Waals surface area contributed by atoms with Gasteiger partial charge in [-0.1, -0.05) is 23.7 Å². The summed E-state index contributed by atoms with van der Waals surface area (Å²) in [5.41, 5.74) is 1.70. The Hall–Kier alpha value is -2.07. The number of aliphatic imine (C=N–C) groups is 1. The summed E-state index contributed by atoms with van der Waals surface area (Å²) in [6.07, 6.45) is 1.67. The Labute approximate surface area is 115 Å². The molecule has 1 N–H and O–H groups in total. The molecule has 0 radical (unpaired) electrons. The second-order valence-corrected chi connectivity index (χ2v) is 4.43. The van der Waals surface area contributed by atoms with Crippen molar-refractivity contribution in [2.24, 2.45) is 4.99 Å². The van der Waals surface area contributed by atoms with Gasteiger partial charge >= 0.3 is 5.97 Å². The molecule has 0 amide bonds. The second-order valence-electron chi connectivity index (χ2n) is 3.99. The molecule has 0 atom stereocenters. The molecule has 0 saturated heterocycles. The molecule has 1 aliphatic heterocycles. The normalized spacial score (nSPS) is 16.8. The molecule has 2 rings (SSSR count). The van der Waals surface area contributed by atoms with Gasteiger partial charge < -0.3 is 9.84 Å². The van der Waals surface area contributed by atoms with Gasteiger partial charge in [-0.2, -0.15) is 0 Å². The molecule has 1 aromatic rings. The first-order chi connectivity index (χ1) is 9.02. The Bertz CT molecular complexity index is 612. The van der Waals surface area contributed by atoms with E-state index in [-0.39, 0.29) is 11.3 Å². The van der Waals surface area contributed by atoms with Crippen LogP contribution >= 0.6 is 11.6 Å². The summed E-state index contributed by atoms with van der Waals surface area (Å²) in [5.74, 6) is -0.766. The first-order valence-electron chi connectivity index (χ1n) is 5.58. The van der Waals surface area contributed by atoms with Crippen molar-refractivity contribution in [2.45, 2.75) is 6.92 Å². The van der Waals surface area contributed by atoms with Crippen LogP contribution in [0.15, 0.2) is 46.3 Å². The lowest BCUT2D eigenvalue weighted by Crippen LogP contribution is -2.11. The molecule has 0 aliphatic carbocycles. The fourth-order valence-corrected chi connectivity index (χ4v) is 1.88. The Balaban J connectivity index is 2.40. The molecule has 0 bridgehead atoms. The van der Waals surface area contributed by atoms with Gasteiger partial charge in [-0.25, -0.2) is 9.79 Å². The predicted molar refractivity (Wildman–Crippen MR) is 74.2 cm³/mol. The van der Waals surface area contributed by atoms with E-state index in [2.05, 4.69) is 9.73 Å². The van der Waals surface area contributed by atoms with Crippen molar-refractivity contribution >= 4 is 29.4 Å². The summed E-state index contributed by atoms with van der Waals surface area (Å²) >= 11 is 5.80. The molecule has 98 valence electrons. The zero-order valence-corrected chi connectivity index (χ0v) is 11.2. The van der Waals surface area contributed by atoms with Crippen LogP contribution in [0.25, 0.3) is 6.08 Å². The van der Waals surface area contributed by atoms with E-state index in [0.717, 1.165) is 5.56 Å². The molecule has 0 spiro atoms. The standard InChI is InChI=1S/C14H12ClNO3/c1-8-12(14(18)19-2)13(17)11(16-8)7-9-3-5-10(15)6-4-9/h3-7,17H,1-2H3/b11-7+. The van der Waals surface area contributed by atoms with E-state index in [9.17, 15) is 9.90 Å². The highest BCUT2D eigenvalue weighted by molar-refractivity contribution is 6.30. The third kappa shape index (κ3) is 2.69. The first kappa shape index (κ1) is 13.4. The number of esters is 1. The molecule has 4 nitrogen and oxygen atoms in total. The summed E-state index contributed by atoms with van der Waals surface area (Å²) < 4.78 is 4.61. The van der Waals surface area contributed by atoms with E-state index in [1.165, 1.54) is 7.11 Å². The monoisotopic (exact) mass is 277 g/mol. The average molecular weight is 278 g/mol. The van der Waals surface area contributed by atoms with Crippen molar-refractivity contribution in [1.82, 2.24) is 0 Å². The summed E-state index contributed by atoms with van der Waals surface area (Å²) in [5, 5.41) is 10.6.